The Balaban J connectivity index is 2.85. The van der Waals surface area contributed by atoms with Gasteiger partial charge in [-0.1, -0.05) is 0 Å². The number of rotatable bonds is 3. The molecular formula is C7H14O8S. The van der Waals surface area contributed by atoms with Gasteiger partial charge in [-0.25, -0.2) is 0 Å². The molecule has 0 spiro atoms. The minimum Gasteiger partial charge on any atom is -0.394 e. The number of hydrogen-bond acceptors (Lipinski definition) is 8. The predicted octanol–water partition coefficient (Wildman–Crippen LogP) is -3.24. The first-order valence-electron chi connectivity index (χ1n) is 4.45. The van der Waals surface area contributed by atoms with Crippen LogP contribution < -0.4 is 0 Å². The van der Waals surface area contributed by atoms with E-state index in [2.05, 4.69) is 8.92 Å². The van der Waals surface area contributed by atoms with E-state index in [0.717, 1.165) is 6.26 Å². The fourth-order valence-corrected chi connectivity index (χ4v) is 2.01. The van der Waals surface area contributed by atoms with Crippen LogP contribution in [0.1, 0.15) is 0 Å². The number of hydrogen-bond donors (Lipinski definition) is 4. The van der Waals surface area contributed by atoms with Crippen molar-refractivity contribution in [2.24, 2.45) is 0 Å². The van der Waals surface area contributed by atoms with E-state index in [1.807, 2.05) is 0 Å². The molecule has 0 radical (unpaired) electrons. The third-order valence-electron chi connectivity index (χ3n) is 2.13. The van der Waals surface area contributed by atoms with Crippen LogP contribution in [0, 0.1) is 0 Å². The summed E-state index contributed by atoms with van der Waals surface area (Å²) in [5.41, 5.74) is 0. The van der Waals surface area contributed by atoms with Crippen molar-refractivity contribution in [2.45, 2.75) is 30.7 Å². The summed E-state index contributed by atoms with van der Waals surface area (Å²) in [5, 5.41) is 36.9. The monoisotopic (exact) mass is 258 g/mol. The summed E-state index contributed by atoms with van der Waals surface area (Å²) in [6, 6.07) is 0. The molecule has 8 nitrogen and oxygen atoms in total. The first-order valence-corrected chi connectivity index (χ1v) is 6.26. The van der Waals surface area contributed by atoms with Gasteiger partial charge in [0.15, 0.2) is 6.29 Å². The second kappa shape index (κ2) is 4.92. The Morgan fingerprint density at radius 2 is 1.81 bits per heavy atom. The van der Waals surface area contributed by atoms with Gasteiger partial charge in [-0.3, -0.25) is 4.18 Å². The summed E-state index contributed by atoms with van der Waals surface area (Å²) in [6.07, 6.45) is -7.05. The summed E-state index contributed by atoms with van der Waals surface area (Å²) in [5.74, 6) is 0. The molecule has 5 atom stereocenters. The molecule has 9 heteroatoms. The highest BCUT2D eigenvalue weighted by atomic mass is 32.2. The van der Waals surface area contributed by atoms with Crippen molar-refractivity contribution in [3.8, 4) is 0 Å². The number of aliphatic hydroxyl groups is 4. The Morgan fingerprint density at radius 1 is 1.25 bits per heavy atom. The van der Waals surface area contributed by atoms with E-state index in [9.17, 15) is 23.7 Å². The van der Waals surface area contributed by atoms with E-state index >= 15 is 0 Å². The molecule has 0 bridgehead atoms. The molecule has 1 aliphatic rings. The van der Waals surface area contributed by atoms with Gasteiger partial charge >= 0.3 is 0 Å². The van der Waals surface area contributed by atoms with E-state index in [-0.39, 0.29) is 0 Å². The van der Waals surface area contributed by atoms with E-state index in [1.165, 1.54) is 0 Å². The minimum absolute atomic E-state index is 0.644. The Kier molecular flexibility index (Phi) is 4.23. The maximum absolute atomic E-state index is 10.9. The summed E-state index contributed by atoms with van der Waals surface area (Å²) in [7, 11) is -3.91. The van der Waals surface area contributed by atoms with Crippen LogP contribution in [0.25, 0.3) is 0 Å². The second-order valence-electron chi connectivity index (χ2n) is 3.49. The van der Waals surface area contributed by atoms with Gasteiger partial charge in [-0.2, -0.15) is 8.42 Å². The molecular weight excluding hydrogens is 244 g/mol. The van der Waals surface area contributed by atoms with Crippen LogP contribution >= 0.6 is 0 Å². The van der Waals surface area contributed by atoms with Crippen molar-refractivity contribution in [3.05, 3.63) is 0 Å². The Labute approximate surface area is 92.2 Å². The van der Waals surface area contributed by atoms with E-state index in [0.29, 0.717) is 0 Å². The summed E-state index contributed by atoms with van der Waals surface area (Å²) in [6.45, 7) is -0.644. The second-order valence-corrected chi connectivity index (χ2v) is 5.09. The largest absolute Gasteiger partial charge is 0.394 e. The third kappa shape index (κ3) is 3.10. The Morgan fingerprint density at radius 3 is 2.25 bits per heavy atom. The molecule has 1 fully saturated rings. The zero-order chi connectivity index (χ0) is 12.5. The van der Waals surface area contributed by atoms with Gasteiger partial charge in [0.1, 0.15) is 24.4 Å². The van der Waals surface area contributed by atoms with E-state index < -0.39 is 47.4 Å². The van der Waals surface area contributed by atoms with Crippen LogP contribution in [0.2, 0.25) is 0 Å². The van der Waals surface area contributed by atoms with E-state index in [4.69, 9.17) is 5.11 Å². The topological polar surface area (TPSA) is 134 Å². The summed E-state index contributed by atoms with van der Waals surface area (Å²) in [4.78, 5) is 0. The molecule has 4 N–H and O–H groups in total. The molecule has 0 saturated carbocycles. The predicted molar refractivity (Wildman–Crippen MR) is 49.7 cm³/mol. The molecule has 0 unspecified atom stereocenters. The highest BCUT2D eigenvalue weighted by Gasteiger charge is 2.46. The maximum Gasteiger partial charge on any atom is 0.264 e. The third-order valence-corrected chi connectivity index (χ3v) is 2.70. The number of aliphatic hydroxyl groups excluding tert-OH is 4. The van der Waals surface area contributed by atoms with Crippen LogP contribution in [-0.4, -0.2) is 72.4 Å². The molecule has 16 heavy (non-hydrogen) atoms. The zero-order valence-electron chi connectivity index (χ0n) is 8.42. The molecule has 0 aromatic carbocycles. The molecule has 0 aromatic heterocycles. The molecule has 0 aromatic rings. The molecule has 0 amide bonds. The van der Waals surface area contributed by atoms with Gasteiger partial charge in [0.25, 0.3) is 10.1 Å². The van der Waals surface area contributed by atoms with Gasteiger partial charge in [0.05, 0.1) is 12.9 Å². The van der Waals surface area contributed by atoms with Crippen molar-refractivity contribution in [2.75, 3.05) is 12.9 Å². The van der Waals surface area contributed by atoms with Gasteiger partial charge in [0, 0.05) is 0 Å². The Hall–Kier alpha value is -0.290. The van der Waals surface area contributed by atoms with Crippen LogP contribution in [0.15, 0.2) is 0 Å². The maximum atomic E-state index is 10.9. The van der Waals surface area contributed by atoms with Crippen molar-refractivity contribution in [1.82, 2.24) is 0 Å². The van der Waals surface area contributed by atoms with Crippen LogP contribution in [0.4, 0.5) is 0 Å². The quantitative estimate of drug-likeness (QED) is 0.388. The van der Waals surface area contributed by atoms with E-state index in [1.54, 1.807) is 0 Å². The first-order chi connectivity index (χ1) is 7.26. The first kappa shape index (κ1) is 13.8. The average molecular weight is 258 g/mol. The lowest BCUT2D eigenvalue weighted by Crippen LogP contribution is -2.59. The van der Waals surface area contributed by atoms with Crippen molar-refractivity contribution < 1.29 is 37.8 Å². The molecule has 1 aliphatic heterocycles. The normalized spacial score (nSPS) is 40.9. The summed E-state index contributed by atoms with van der Waals surface area (Å²) < 4.78 is 30.8. The molecule has 96 valence electrons. The summed E-state index contributed by atoms with van der Waals surface area (Å²) >= 11 is 0. The van der Waals surface area contributed by atoms with Gasteiger partial charge in [-0.05, 0) is 0 Å². The van der Waals surface area contributed by atoms with Crippen molar-refractivity contribution >= 4 is 10.1 Å². The average Bonchev–Trinajstić information content (AvgIpc) is 2.17. The van der Waals surface area contributed by atoms with Gasteiger partial charge < -0.3 is 25.2 Å². The van der Waals surface area contributed by atoms with Crippen LogP contribution in [0.3, 0.4) is 0 Å². The molecule has 0 aliphatic carbocycles. The molecule has 1 heterocycles. The lowest BCUT2D eigenvalue weighted by Gasteiger charge is -2.39. The van der Waals surface area contributed by atoms with Gasteiger partial charge in [-0.15, -0.1) is 0 Å². The highest BCUT2D eigenvalue weighted by Crippen LogP contribution is 2.23. The fourth-order valence-electron chi connectivity index (χ4n) is 1.38. The van der Waals surface area contributed by atoms with Crippen molar-refractivity contribution in [3.63, 3.8) is 0 Å². The fraction of sp³-hybridized carbons (Fsp3) is 1.00. The standard InChI is InChI=1S/C7H14O8S/c1-16(12,13)15-6-4(9)3(2-8)14-7(11)5(6)10/h3-11H,2H2,1H3/t3-,4-,5+,6+,7-/m0/s1. The molecule has 1 saturated heterocycles. The highest BCUT2D eigenvalue weighted by molar-refractivity contribution is 7.86. The zero-order valence-corrected chi connectivity index (χ0v) is 9.24. The lowest BCUT2D eigenvalue weighted by atomic mass is 9.99. The molecule has 1 rings (SSSR count). The SMILES string of the molecule is CS(=O)(=O)O[C@@H]1[C@@H](O)[C@H](CO)O[C@H](O)[C@@H]1O. The lowest BCUT2D eigenvalue weighted by molar-refractivity contribution is -0.281. The minimum atomic E-state index is -3.91. The van der Waals surface area contributed by atoms with Crippen molar-refractivity contribution in [1.29, 1.82) is 0 Å². The Bertz CT molecular complexity index is 327. The number of ether oxygens (including phenoxy) is 1. The van der Waals surface area contributed by atoms with Gasteiger partial charge in [0.2, 0.25) is 0 Å². The van der Waals surface area contributed by atoms with Crippen LogP contribution in [-0.2, 0) is 19.0 Å². The smallest absolute Gasteiger partial charge is 0.264 e. The van der Waals surface area contributed by atoms with Crippen LogP contribution in [0.5, 0.6) is 0 Å².